The number of hydrogen-bond donors (Lipinski definition) is 2. The number of thioether (sulfide) groups is 1. The summed E-state index contributed by atoms with van der Waals surface area (Å²) in [6.45, 7) is 6.25. The Kier molecular flexibility index (Phi) is 5.49. The Morgan fingerprint density at radius 1 is 1.19 bits per heavy atom. The minimum atomic E-state index is -0.833. The van der Waals surface area contributed by atoms with Crippen molar-refractivity contribution in [3.05, 3.63) is 35.4 Å². The standard InChI is InChI=1S/C22H27N3O5S/c1-12(18(27)24-10-8-13(9-11-24)21(29)30)23-17(26)16-22(2,3)31-20-15-7-5-4-6-14(15)19(28)25(16)20/h4-7,12-13,16,20H,8-11H2,1-3H3,(H,23,26)(H,29,30). The summed E-state index contributed by atoms with van der Waals surface area (Å²) in [6, 6.07) is 5.96. The molecule has 4 rings (SSSR count). The summed E-state index contributed by atoms with van der Waals surface area (Å²) in [5.41, 5.74) is 1.55. The van der Waals surface area contributed by atoms with Crippen molar-refractivity contribution in [2.75, 3.05) is 13.1 Å². The molecule has 2 saturated heterocycles. The molecule has 166 valence electrons. The fourth-order valence-corrected chi connectivity index (χ4v) is 6.37. The van der Waals surface area contributed by atoms with Gasteiger partial charge in [-0.05, 0) is 45.2 Å². The zero-order valence-electron chi connectivity index (χ0n) is 17.8. The van der Waals surface area contributed by atoms with Crippen LogP contribution in [0.15, 0.2) is 24.3 Å². The molecule has 31 heavy (non-hydrogen) atoms. The molecule has 8 nitrogen and oxygen atoms in total. The first-order valence-electron chi connectivity index (χ1n) is 10.5. The average Bonchev–Trinajstić information content (AvgIpc) is 3.16. The van der Waals surface area contributed by atoms with Crippen LogP contribution in [0, 0.1) is 5.92 Å². The fourth-order valence-electron chi connectivity index (χ4n) is 4.78. The predicted octanol–water partition coefficient (Wildman–Crippen LogP) is 1.86. The first-order chi connectivity index (χ1) is 14.6. The Morgan fingerprint density at radius 2 is 1.84 bits per heavy atom. The number of carbonyl (C=O) groups excluding carboxylic acids is 3. The number of likely N-dealkylation sites (tertiary alicyclic amines) is 1. The molecule has 3 aliphatic rings. The summed E-state index contributed by atoms with van der Waals surface area (Å²) in [5, 5.41) is 11.7. The van der Waals surface area contributed by atoms with Crippen LogP contribution in [0.4, 0.5) is 0 Å². The van der Waals surface area contributed by atoms with Gasteiger partial charge < -0.3 is 20.2 Å². The summed E-state index contributed by atoms with van der Waals surface area (Å²) in [5.74, 6) is -1.99. The number of carboxylic acid groups (broad SMARTS) is 1. The number of piperidine rings is 1. The van der Waals surface area contributed by atoms with E-state index in [0.29, 0.717) is 31.5 Å². The van der Waals surface area contributed by atoms with Gasteiger partial charge >= 0.3 is 5.97 Å². The van der Waals surface area contributed by atoms with Crippen molar-refractivity contribution >= 4 is 35.5 Å². The van der Waals surface area contributed by atoms with Gasteiger partial charge in [0, 0.05) is 23.4 Å². The summed E-state index contributed by atoms with van der Waals surface area (Å²) in [7, 11) is 0. The molecule has 2 N–H and O–H groups in total. The SMILES string of the molecule is CC(NC(=O)C1N2C(=O)c3ccccc3C2SC1(C)C)C(=O)N1CCC(C(=O)O)CC1. The third kappa shape index (κ3) is 3.69. The third-order valence-corrected chi connectivity index (χ3v) is 7.96. The van der Waals surface area contributed by atoms with Crippen LogP contribution in [0.2, 0.25) is 0 Å². The number of nitrogens with one attached hydrogen (secondary N) is 1. The molecule has 3 amide bonds. The van der Waals surface area contributed by atoms with E-state index in [9.17, 15) is 19.2 Å². The van der Waals surface area contributed by atoms with Crippen LogP contribution in [0.3, 0.4) is 0 Å². The maximum absolute atomic E-state index is 13.3. The number of benzene rings is 1. The van der Waals surface area contributed by atoms with Gasteiger partial charge in [0.15, 0.2) is 0 Å². The minimum Gasteiger partial charge on any atom is -0.481 e. The summed E-state index contributed by atoms with van der Waals surface area (Å²) in [4.78, 5) is 53.5. The predicted molar refractivity (Wildman–Crippen MR) is 115 cm³/mol. The first kappa shape index (κ1) is 21.7. The van der Waals surface area contributed by atoms with Gasteiger partial charge in [-0.25, -0.2) is 0 Å². The first-order valence-corrected chi connectivity index (χ1v) is 11.4. The molecule has 0 bridgehead atoms. The number of amides is 3. The second-order valence-electron chi connectivity index (χ2n) is 8.94. The fraction of sp³-hybridized carbons (Fsp3) is 0.545. The zero-order valence-corrected chi connectivity index (χ0v) is 18.6. The van der Waals surface area contributed by atoms with Gasteiger partial charge in [-0.1, -0.05) is 18.2 Å². The Hall–Kier alpha value is -2.55. The van der Waals surface area contributed by atoms with Gasteiger partial charge in [0.25, 0.3) is 5.91 Å². The Labute approximate surface area is 185 Å². The topological polar surface area (TPSA) is 107 Å². The van der Waals surface area contributed by atoms with Gasteiger partial charge in [0.05, 0.1) is 5.92 Å². The molecular weight excluding hydrogens is 418 g/mol. The van der Waals surface area contributed by atoms with Crippen LogP contribution < -0.4 is 5.32 Å². The second-order valence-corrected chi connectivity index (χ2v) is 10.7. The lowest BCUT2D eigenvalue weighted by atomic mass is 9.96. The lowest BCUT2D eigenvalue weighted by Crippen LogP contribution is -2.57. The van der Waals surface area contributed by atoms with Crippen LogP contribution in [0.1, 0.15) is 54.9 Å². The minimum absolute atomic E-state index is 0.159. The molecule has 1 aromatic carbocycles. The molecule has 0 saturated carbocycles. The molecule has 2 fully saturated rings. The lowest BCUT2D eigenvalue weighted by molar-refractivity contribution is -0.146. The smallest absolute Gasteiger partial charge is 0.306 e. The number of carbonyl (C=O) groups is 4. The number of hydrogen-bond acceptors (Lipinski definition) is 5. The van der Waals surface area contributed by atoms with E-state index in [0.717, 1.165) is 5.56 Å². The lowest BCUT2D eigenvalue weighted by Gasteiger charge is -2.34. The molecule has 3 heterocycles. The van der Waals surface area contributed by atoms with Crippen LogP contribution in [0.25, 0.3) is 0 Å². The van der Waals surface area contributed by atoms with Crippen molar-refractivity contribution in [2.24, 2.45) is 5.92 Å². The molecule has 0 aromatic heterocycles. The summed E-state index contributed by atoms with van der Waals surface area (Å²) in [6.07, 6.45) is 0.826. The molecule has 3 aliphatic heterocycles. The van der Waals surface area contributed by atoms with Crippen molar-refractivity contribution < 1.29 is 24.3 Å². The molecule has 3 atom stereocenters. The molecule has 0 radical (unpaired) electrons. The van der Waals surface area contributed by atoms with E-state index in [1.165, 1.54) is 0 Å². The molecule has 0 aliphatic carbocycles. The highest BCUT2D eigenvalue weighted by molar-refractivity contribution is 8.01. The van der Waals surface area contributed by atoms with E-state index < -0.39 is 28.7 Å². The maximum Gasteiger partial charge on any atom is 0.306 e. The highest BCUT2D eigenvalue weighted by Crippen LogP contribution is 2.56. The average molecular weight is 446 g/mol. The number of nitrogens with zero attached hydrogens (tertiary/aromatic N) is 2. The number of fused-ring (bicyclic) bond motifs is 3. The number of aliphatic carboxylic acids is 1. The largest absolute Gasteiger partial charge is 0.481 e. The molecule has 0 spiro atoms. The van der Waals surface area contributed by atoms with E-state index in [1.807, 2.05) is 32.0 Å². The van der Waals surface area contributed by atoms with Crippen LogP contribution >= 0.6 is 11.8 Å². The number of rotatable bonds is 4. The van der Waals surface area contributed by atoms with Crippen molar-refractivity contribution in [3.63, 3.8) is 0 Å². The van der Waals surface area contributed by atoms with Crippen LogP contribution in [-0.2, 0) is 14.4 Å². The molecular formula is C22H27N3O5S. The second kappa shape index (κ2) is 7.85. The third-order valence-electron chi connectivity index (χ3n) is 6.43. The van der Waals surface area contributed by atoms with Crippen molar-refractivity contribution in [1.82, 2.24) is 15.1 Å². The summed E-state index contributed by atoms with van der Waals surface area (Å²) < 4.78 is -0.513. The van der Waals surface area contributed by atoms with E-state index in [-0.39, 0.29) is 23.1 Å². The van der Waals surface area contributed by atoms with E-state index >= 15 is 0 Å². The van der Waals surface area contributed by atoms with Gasteiger partial charge in [-0.15, -0.1) is 11.8 Å². The highest BCUT2D eigenvalue weighted by atomic mass is 32.2. The van der Waals surface area contributed by atoms with Gasteiger partial charge in [0.2, 0.25) is 11.8 Å². The Morgan fingerprint density at radius 3 is 2.48 bits per heavy atom. The van der Waals surface area contributed by atoms with E-state index in [1.54, 1.807) is 34.6 Å². The van der Waals surface area contributed by atoms with Crippen LogP contribution in [-0.4, -0.2) is 68.5 Å². The van der Waals surface area contributed by atoms with Gasteiger partial charge in [0.1, 0.15) is 17.5 Å². The van der Waals surface area contributed by atoms with Crippen molar-refractivity contribution in [2.45, 2.75) is 55.8 Å². The van der Waals surface area contributed by atoms with Crippen molar-refractivity contribution in [1.29, 1.82) is 0 Å². The number of carboxylic acids is 1. The Bertz CT molecular complexity index is 941. The van der Waals surface area contributed by atoms with E-state index in [4.69, 9.17) is 5.11 Å². The highest BCUT2D eigenvalue weighted by Gasteiger charge is 2.57. The quantitative estimate of drug-likeness (QED) is 0.733. The maximum atomic E-state index is 13.3. The molecule has 9 heteroatoms. The monoisotopic (exact) mass is 445 g/mol. The molecule has 1 aromatic rings. The van der Waals surface area contributed by atoms with Gasteiger partial charge in [-0.3, -0.25) is 19.2 Å². The molecule has 3 unspecified atom stereocenters. The normalized spacial score (nSPS) is 25.7. The van der Waals surface area contributed by atoms with Crippen molar-refractivity contribution in [3.8, 4) is 0 Å². The van der Waals surface area contributed by atoms with Gasteiger partial charge in [-0.2, -0.15) is 0 Å². The summed E-state index contributed by atoms with van der Waals surface area (Å²) >= 11 is 1.58. The van der Waals surface area contributed by atoms with Crippen LogP contribution in [0.5, 0.6) is 0 Å². The van der Waals surface area contributed by atoms with E-state index in [2.05, 4.69) is 5.32 Å². The Balaban J connectivity index is 1.45. The zero-order chi connectivity index (χ0) is 22.5.